The molecule has 29 heavy (non-hydrogen) atoms. The van der Waals surface area contributed by atoms with Crippen molar-refractivity contribution in [2.75, 3.05) is 11.4 Å². The van der Waals surface area contributed by atoms with E-state index in [1.165, 1.54) is 17.2 Å². The van der Waals surface area contributed by atoms with Gasteiger partial charge >= 0.3 is 0 Å². The number of rotatable bonds is 8. The number of nitrogens with zero attached hydrogens (tertiary/aromatic N) is 1. The van der Waals surface area contributed by atoms with Gasteiger partial charge in [0.1, 0.15) is 11.9 Å². The summed E-state index contributed by atoms with van der Waals surface area (Å²) < 4.78 is 13.8. The van der Waals surface area contributed by atoms with Crippen LogP contribution in [0.1, 0.15) is 34.7 Å². The molecule has 3 aromatic carbocycles. The van der Waals surface area contributed by atoms with Crippen molar-refractivity contribution in [2.45, 2.75) is 32.7 Å². The van der Waals surface area contributed by atoms with E-state index in [9.17, 15) is 9.18 Å². The highest BCUT2D eigenvalue weighted by molar-refractivity contribution is 5.85. The summed E-state index contributed by atoms with van der Waals surface area (Å²) in [7, 11) is 0. The van der Waals surface area contributed by atoms with Gasteiger partial charge in [0.2, 0.25) is 5.91 Å². The fourth-order valence-corrected chi connectivity index (χ4v) is 3.56. The second kappa shape index (κ2) is 9.37. The zero-order chi connectivity index (χ0) is 20.8. The molecule has 3 nitrogen and oxygen atoms in total. The first-order valence-electron chi connectivity index (χ1n) is 9.88. The smallest absolute Gasteiger partial charge is 0.244 e. The summed E-state index contributed by atoms with van der Waals surface area (Å²) in [6.07, 6.45) is 1.73. The van der Waals surface area contributed by atoms with Gasteiger partial charge in [-0.25, -0.2) is 4.39 Å². The zero-order valence-electron chi connectivity index (χ0n) is 16.9. The molecule has 0 heterocycles. The molecule has 1 atom stereocenters. The maximum Gasteiger partial charge on any atom is 0.244 e. The Morgan fingerprint density at radius 1 is 1.00 bits per heavy atom. The normalized spacial score (nSPS) is 11.8. The van der Waals surface area contributed by atoms with Gasteiger partial charge in [-0.2, -0.15) is 0 Å². The van der Waals surface area contributed by atoms with Gasteiger partial charge in [0.15, 0.2) is 0 Å². The average Bonchev–Trinajstić information content (AvgIpc) is 2.71. The van der Waals surface area contributed by atoms with Gasteiger partial charge in [0.05, 0.1) is 0 Å². The molecule has 3 aromatic rings. The number of hydrogen-bond acceptors (Lipinski definition) is 2. The molecule has 4 heteroatoms. The van der Waals surface area contributed by atoms with Crippen LogP contribution >= 0.6 is 0 Å². The van der Waals surface area contributed by atoms with Gasteiger partial charge in [-0.15, -0.1) is 0 Å². The minimum Gasteiger partial charge on any atom is -0.368 e. The van der Waals surface area contributed by atoms with Crippen LogP contribution in [0.15, 0.2) is 72.8 Å². The van der Waals surface area contributed by atoms with Crippen molar-refractivity contribution in [3.63, 3.8) is 0 Å². The number of carbonyl (C=O) groups excluding carboxylic acids is 1. The molecule has 1 amide bonds. The summed E-state index contributed by atoms with van der Waals surface area (Å²) in [5.41, 5.74) is 10.5. The predicted octanol–water partition coefficient (Wildman–Crippen LogP) is 5.11. The minimum absolute atomic E-state index is 0.260. The molecule has 3 rings (SSSR count). The second-order valence-corrected chi connectivity index (χ2v) is 7.43. The molecule has 0 aliphatic heterocycles. The molecule has 0 aliphatic rings. The van der Waals surface area contributed by atoms with Crippen molar-refractivity contribution in [1.82, 2.24) is 0 Å². The van der Waals surface area contributed by atoms with Crippen LogP contribution < -0.4 is 10.6 Å². The molecule has 0 saturated carbocycles. The van der Waals surface area contributed by atoms with Gasteiger partial charge in [0, 0.05) is 12.2 Å². The van der Waals surface area contributed by atoms with Gasteiger partial charge < -0.3 is 10.6 Å². The van der Waals surface area contributed by atoms with Gasteiger partial charge in [-0.3, -0.25) is 4.79 Å². The third-order valence-electron chi connectivity index (χ3n) is 5.15. The molecule has 150 valence electrons. The van der Waals surface area contributed by atoms with Crippen LogP contribution in [0.25, 0.3) is 0 Å². The first-order chi connectivity index (χ1) is 14.0. The van der Waals surface area contributed by atoms with E-state index in [4.69, 9.17) is 5.73 Å². The number of benzene rings is 3. The number of aryl methyl sites for hydroxylation is 3. The molecular formula is C25H27FN2O. The molecule has 0 aromatic heterocycles. The summed E-state index contributed by atoms with van der Waals surface area (Å²) in [6, 6.07) is 22.3. The largest absolute Gasteiger partial charge is 0.368 e. The Labute approximate surface area is 172 Å². The Balaban J connectivity index is 1.88. The van der Waals surface area contributed by atoms with E-state index >= 15 is 0 Å². The van der Waals surface area contributed by atoms with E-state index in [1.54, 1.807) is 19.1 Å². The predicted molar refractivity (Wildman–Crippen MR) is 116 cm³/mol. The molecule has 0 fully saturated rings. The minimum atomic E-state index is -0.612. The molecule has 2 N–H and O–H groups in total. The number of nitrogens with two attached hydrogens (primary N) is 1. The SMILES string of the molecule is Cc1ccc(CCCN(c2ccc(F)c(C)c2)[C@@H](C(N)=O)c2ccccc2)cc1. The van der Waals surface area contributed by atoms with Crippen LogP contribution in [0, 0.1) is 19.7 Å². The van der Waals surface area contributed by atoms with Crippen LogP contribution in [0.2, 0.25) is 0 Å². The zero-order valence-corrected chi connectivity index (χ0v) is 16.9. The summed E-state index contributed by atoms with van der Waals surface area (Å²) >= 11 is 0. The number of hydrogen-bond donors (Lipinski definition) is 1. The molecular weight excluding hydrogens is 363 g/mol. The summed E-state index contributed by atoms with van der Waals surface area (Å²) in [5, 5.41) is 0. The number of amides is 1. The van der Waals surface area contributed by atoms with Crippen LogP contribution in [0.4, 0.5) is 10.1 Å². The van der Waals surface area contributed by atoms with Gasteiger partial charge in [-0.05, 0) is 61.6 Å². The lowest BCUT2D eigenvalue weighted by atomic mass is 10.0. The quantitative estimate of drug-likeness (QED) is 0.581. The second-order valence-electron chi connectivity index (χ2n) is 7.43. The highest BCUT2D eigenvalue weighted by Gasteiger charge is 2.26. The molecule has 0 unspecified atom stereocenters. The Kier molecular flexibility index (Phi) is 6.65. The fraction of sp³-hybridized carbons (Fsp3) is 0.240. The fourth-order valence-electron chi connectivity index (χ4n) is 3.56. The summed E-state index contributed by atoms with van der Waals surface area (Å²) in [6.45, 7) is 4.42. The van der Waals surface area contributed by atoms with E-state index in [1.807, 2.05) is 35.2 Å². The van der Waals surface area contributed by atoms with Crippen molar-refractivity contribution in [3.05, 3.63) is 101 Å². The van der Waals surface area contributed by atoms with Crippen LogP contribution in [-0.2, 0) is 11.2 Å². The monoisotopic (exact) mass is 390 g/mol. The molecule has 0 bridgehead atoms. The Bertz CT molecular complexity index is 954. The van der Waals surface area contributed by atoms with Crippen molar-refractivity contribution >= 4 is 11.6 Å². The third kappa shape index (κ3) is 5.23. The Morgan fingerprint density at radius 2 is 1.69 bits per heavy atom. The highest BCUT2D eigenvalue weighted by atomic mass is 19.1. The summed E-state index contributed by atoms with van der Waals surface area (Å²) in [4.78, 5) is 14.4. The third-order valence-corrected chi connectivity index (χ3v) is 5.15. The number of halogens is 1. The first-order valence-corrected chi connectivity index (χ1v) is 9.88. The summed E-state index contributed by atoms with van der Waals surface area (Å²) in [5.74, 6) is -0.683. The Morgan fingerprint density at radius 3 is 2.31 bits per heavy atom. The van der Waals surface area contributed by atoms with E-state index in [0.717, 1.165) is 24.1 Å². The van der Waals surface area contributed by atoms with E-state index < -0.39 is 11.9 Å². The van der Waals surface area contributed by atoms with Gasteiger partial charge in [0.25, 0.3) is 0 Å². The van der Waals surface area contributed by atoms with Crippen LogP contribution in [0.5, 0.6) is 0 Å². The average molecular weight is 391 g/mol. The number of primary amides is 1. The van der Waals surface area contributed by atoms with Crippen molar-refractivity contribution in [2.24, 2.45) is 5.73 Å². The topological polar surface area (TPSA) is 46.3 Å². The first kappa shape index (κ1) is 20.6. The van der Waals surface area contributed by atoms with E-state index in [-0.39, 0.29) is 5.82 Å². The standard InChI is InChI=1S/C25H27FN2O/c1-18-10-12-20(13-11-18)7-6-16-28(22-14-15-23(26)19(2)17-22)24(25(27)29)21-8-4-3-5-9-21/h3-5,8-15,17,24H,6-7,16H2,1-2H3,(H2,27,29)/t24-/m1/s1. The maximum absolute atomic E-state index is 13.8. The molecule has 0 spiro atoms. The Hall–Kier alpha value is -3.14. The van der Waals surface area contributed by atoms with Gasteiger partial charge in [-0.1, -0.05) is 60.2 Å². The molecule has 0 radical (unpaired) electrons. The van der Waals surface area contributed by atoms with E-state index in [2.05, 4.69) is 31.2 Å². The molecule has 0 aliphatic carbocycles. The number of anilines is 1. The van der Waals surface area contributed by atoms with Crippen molar-refractivity contribution in [3.8, 4) is 0 Å². The van der Waals surface area contributed by atoms with Crippen molar-refractivity contribution < 1.29 is 9.18 Å². The lowest BCUT2D eigenvalue weighted by Gasteiger charge is -2.32. The maximum atomic E-state index is 13.8. The van der Waals surface area contributed by atoms with Crippen molar-refractivity contribution in [1.29, 1.82) is 0 Å². The van der Waals surface area contributed by atoms with E-state index in [0.29, 0.717) is 12.1 Å². The number of carbonyl (C=O) groups is 1. The molecule has 0 saturated heterocycles. The van der Waals surface area contributed by atoms with Crippen LogP contribution in [0.3, 0.4) is 0 Å². The van der Waals surface area contributed by atoms with Crippen LogP contribution in [-0.4, -0.2) is 12.5 Å². The highest BCUT2D eigenvalue weighted by Crippen LogP contribution is 2.29. The lowest BCUT2D eigenvalue weighted by molar-refractivity contribution is -0.119. The lowest BCUT2D eigenvalue weighted by Crippen LogP contribution is -2.39.